The molecule has 0 radical (unpaired) electrons. The molecule has 0 bridgehead atoms. The van der Waals surface area contributed by atoms with E-state index in [1.54, 1.807) is 13.2 Å². The van der Waals surface area contributed by atoms with Gasteiger partial charge in [0.15, 0.2) is 5.96 Å². The van der Waals surface area contributed by atoms with Crippen molar-refractivity contribution in [2.24, 2.45) is 4.99 Å². The van der Waals surface area contributed by atoms with E-state index >= 15 is 0 Å². The van der Waals surface area contributed by atoms with E-state index in [0.29, 0.717) is 12.2 Å². The van der Waals surface area contributed by atoms with Crippen LogP contribution in [0.2, 0.25) is 0 Å². The highest BCUT2D eigenvalue weighted by molar-refractivity contribution is 5.79. The highest BCUT2D eigenvalue weighted by atomic mass is 19.1. The zero-order valence-electron chi connectivity index (χ0n) is 17.8. The Balaban J connectivity index is 1.69. The van der Waals surface area contributed by atoms with Gasteiger partial charge in [0.2, 0.25) is 0 Å². The molecule has 0 spiro atoms. The third-order valence-electron chi connectivity index (χ3n) is 5.02. The first-order chi connectivity index (χ1) is 13.4. The van der Waals surface area contributed by atoms with Crippen LogP contribution in [0.1, 0.15) is 27.2 Å². The SMILES string of the molecule is CCNC(=NCC(C)(C)OC)NCCCN1CCN(c2ccccc2F)CC1. The number of hydrogen-bond acceptors (Lipinski definition) is 4. The maximum absolute atomic E-state index is 13.9. The molecule has 1 saturated heterocycles. The van der Waals surface area contributed by atoms with Gasteiger partial charge in [-0.1, -0.05) is 12.1 Å². The van der Waals surface area contributed by atoms with Crippen molar-refractivity contribution in [2.45, 2.75) is 32.8 Å². The number of hydrogen-bond donors (Lipinski definition) is 2. The quantitative estimate of drug-likeness (QED) is 0.383. The van der Waals surface area contributed by atoms with E-state index in [2.05, 4.69) is 32.3 Å². The van der Waals surface area contributed by atoms with E-state index in [1.165, 1.54) is 6.07 Å². The Morgan fingerprint density at radius 1 is 1.18 bits per heavy atom. The van der Waals surface area contributed by atoms with Gasteiger partial charge >= 0.3 is 0 Å². The smallest absolute Gasteiger partial charge is 0.191 e. The van der Waals surface area contributed by atoms with Gasteiger partial charge in [0.05, 0.1) is 17.8 Å². The molecule has 7 heteroatoms. The molecule has 1 heterocycles. The standard InChI is InChI=1S/C21H36FN5O/c1-5-23-20(25-17-21(2,3)28-4)24-11-8-12-26-13-15-27(16-14-26)19-10-7-6-9-18(19)22/h6-7,9-10H,5,8,11-17H2,1-4H3,(H2,23,24,25). The van der Waals surface area contributed by atoms with E-state index in [4.69, 9.17) is 4.74 Å². The minimum absolute atomic E-state index is 0.132. The van der Waals surface area contributed by atoms with Crippen molar-refractivity contribution in [2.75, 3.05) is 64.4 Å². The van der Waals surface area contributed by atoms with Gasteiger partial charge in [-0.15, -0.1) is 0 Å². The summed E-state index contributed by atoms with van der Waals surface area (Å²) in [5, 5.41) is 6.67. The van der Waals surface area contributed by atoms with Crippen molar-refractivity contribution >= 4 is 11.6 Å². The number of benzene rings is 1. The summed E-state index contributed by atoms with van der Waals surface area (Å²) in [6, 6.07) is 7.03. The van der Waals surface area contributed by atoms with Gasteiger partial charge in [0, 0.05) is 46.4 Å². The maximum Gasteiger partial charge on any atom is 0.191 e. The van der Waals surface area contributed by atoms with E-state index < -0.39 is 0 Å². The van der Waals surface area contributed by atoms with Crippen LogP contribution < -0.4 is 15.5 Å². The third-order valence-corrected chi connectivity index (χ3v) is 5.02. The average molecular weight is 394 g/mol. The zero-order chi connectivity index (χ0) is 20.4. The largest absolute Gasteiger partial charge is 0.377 e. The van der Waals surface area contributed by atoms with Crippen molar-refractivity contribution in [3.05, 3.63) is 30.1 Å². The number of nitrogens with zero attached hydrogens (tertiary/aromatic N) is 3. The molecule has 0 aromatic heterocycles. The van der Waals surface area contributed by atoms with E-state index in [-0.39, 0.29) is 11.4 Å². The number of halogens is 1. The van der Waals surface area contributed by atoms with Crippen LogP contribution in [-0.2, 0) is 4.74 Å². The lowest BCUT2D eigenvalue weighted by Gasteiger charge is -2.36. The molecule has 6 nitrogen and oxygen atoms in total. The number of nitrogens with one attached hydrogen (secondary N) is 2. The van der Waals surface area contributed by atoms with Crippen molar-refractivity contribution in [3.8, 4) is 0 Å². The first-order valence-electron chi connectivity index (χ1n) is 10.2. The maximum atomic E-state index is 13.9. The molecule has 158 valence electrons. The molecule has 1 aliphatic rings. The summed E-state index contributed by atoms with van der Waals surface area (Å²) in [7, 11) is 1.71. The van der Waals surface area contributed by atoms with E-state index in [9.17, 15) is 4.39 Å². The van der Waals surface area contributed by atoms with Gasteiger partial charge < -0.3 is 20.3 Å². The Kier molecular flexibility index (Phi) is 8.99. The lowest BCUT2D eigenvalue weighted by atomic mass is 10.1. The molecular weight excluding hydrogens is 357 g/mol. The van der Waals surface area contributed by atoms with Crippen LogP contribution in [0.15, 0.2) is 29.3 Å². The monoisotopic (exact) mass is 393 g/mol. The lowest BCUT2D eigenvalue weighted by molar-refractivity contribution is 0.0310. The van der Waals surface area contributed by atoms with E-state index in [0.717, 1.165) is 58.2 Å². The van der Waals surface area contributed by atoms with Gasteiger partial charge in [-0.3, -0.25) is 9.89 Å². The molecule has 1 aromatic carbocycles. The van der Waals surface area contributed by atoms with Crippen molar-refractivity contribution in [1.82, 2.24) is 15.5 Å². The fourth-order valence-corrected chi connectivity index (χ4v) is 3.11. The number of aliphatic imine (C=N–C) groups is 1. The fraction of sp³-hybridized carbons (Fsp3) is 0.667. The summed E-state index contributed by atoms with van der Waals surface area (Å²) in [6.45, 7) is 13.1. The van der Waals surface area contributed by atoms with Crippen LogP contribution in [-0.4, -0.2) is 75.9 Å². The fourth-order valence-electron chi connectivity index (χ4n) is 3.11. The summed E-state index contributed by atoms with van der Waals surface area (Å²) in [5.41, 5.74) is 0.453. The average Bonchev–Trinajstić information content (AvgIpc) is 2.70. The van der Waals surface area contributed by atoms with Crippen LogP contribution in [0.4, 0.5) is 10.1 Å². The molecule has 2 N–H and O–H groups in total. The number of piperazine rings is 1. The van der Waals surface area contributed by atoms with Crippen molar-refractivity contribution < 1.29 is 9.13 Å². The lowest BCUT2D eigenvalue weighted by Crippen LogP contribution is -2.47. The molecule has 1 aromatic rings. The third kappa shape index (κ3) is 7.28. The van der Waals surface area contributed by atoms with Crippen LogP contribution >= 0.6 is 0 Å². The first-order valence-corrected chi connectivity index (χ1v) is 10.2. The second-order valence-corrected chi connectivity index (χ2v) is 7.72. The number of para-hydroxylation sites is 1. The first kappa shape index (κ1) is 22.4. The summed E-state index contributed by atoms with van der Waals surface area (Å²) in [6.07, 6.45) is 1.04. The molecule has 1 aliphatic heterocycles. The molecule has 0 saturated carbocycles. The second kappa shape index (κ2) is 11.2. The topological polar surface area (TPSA) is 52.1 Å². The number of ether oxygens (including phenoxy) is 1. The van der Waals surface area contributed by atoms with Crippen LogP contribution in [0, 0.1) is 5.82 Å². The number of rotatable bonds is 9. The molecule has 28 heavy (non-hydrogen) atoms. The zero-order valence-corrected chi connectivity index (χ0v) is 17.8. The summed E-state index contributed by atoms with van der Waals surface area (Å²) < 4.78 is 19.4. The van der Waals surface area contributed by atoms with Crippen molar-refractivity contribution in [1.29, 1.82) is 0 Å². The van der Waals surface area contributed by atoms with Crippen LogP contribution in [0.5, 0.6) is 0 Å². The second-order valence-electron chi connectivity index (χ2n) is 7.72. The van der Waals surface area contributed by atoms with Crippen LogP contribution in [0.3, 0.4) is 0 Å². The number of anilines is 1. The number of methoxy groups -OCH3 is 1. The predicted molar refractivity (Wildman–Crippen MR) is 115 cm³/mol. The predicted octanol–water partition coefficient (Wildman–Crippen LogP) is 2.32. The van der Waals surface area contributed by atoms with E-state index in [1.807, 2.05) is 26.0 Å². The molecule has 0 amide bonds. The minimum atomic E-state index is -0.264. The number of guanidine groups is 1. The Labute approximate surface area is 169 Å². The van der Waals surface area contributed by atoms with Gasteiger partial charge in [0.25, 0.3) is 0 Å². The summed E-state index contributed by atoms with van der Waals surface area (Å²) in [5.74, 6) is 0.698. The molecule has 0 unspecified atom stereocenters. The Hall–Kier alpha value is -1.86. The van der Waals surface area contributed by atoms with Crippen molar-refractivity contribution in [3.63, 3.8) is 0 Å². The van der Waals surface area contributed by atoms with Gasteiger partial charge in [-0.2, -0.15) is 0 Å². The Morgan fingerprint density at radius 2 is 1.89 bits per heavy atom. The van der Waals surface area contributed by atoms with Gasteiger partial charge in [-0.05, 0) is 45.9 Å². The Morgan fingerprint density at radius 3 is 2.54 bits per heavy atom. The summed E-state index contributed by atoms with van der Waals surface area (Å²) >= 11 is 0. The molecule has 0 aliphatic carbocycles. The van der Waals surface area contributed by atoms with Gasteiger partial charge in [0.1, 0.15) is 5.82 Å². The highest BCUT2D eigenvalue weighted by Crippen LogP contribution is 2.20. The molecule has 2 rings (SSSR count). The molecular formula is C21H36FN5O. The molecule has 1 fully saturated rings. The van der Waals surface area contributed by atoms with Gasteiger partial charge in [-0.25, -0.2) is 4.39 Å². The Bertz CT molecular complexity index is 615. The summed E-state index contributed by atoms with van der Waals surface area (Å²) in [4.78, 5) is 9.18. The molecule has 0 atom stereocenters. The highest BCUT2D eigenvalue weighted by Gasteiger charge is 2.19. The normalized spacial score (nSPS) is 16.3. The minimum Gasteiger partial charge on any atom is -0.377 e. The van der Waals surface area contributed by atoms with Crippen LogP contribution in [0.25, 0.3) is 0 Å².